The molecule has 32 heavy (non-hydrogen) atoms. The Bertz CT molecular complexity index is 1150. The molecule has 11 heteroatoms. The molecule has 0 aliphatic carbocycles. The Morgan fingerprint density at radius 1 is 1.31 bits per heavy atom. The minimum absolute atomic E-state index is 0.0341. The number of carboxylic acid groups (broad SMARTS) is 1. The van der Waals surface area contributed by atoms with E-state index in [1.807, 2.05) is 4.90 Å². The highest BCUT2D eigenvalue weighted by Crippen LogP contribution is 2.32. The van der Waals surface area contributed by atoms with Gasteiger partial charge in [0.05, 0.1) is 29.9 Å². The highest BCUT2D eigenvalue weighted by molar-refractivity contribution is 6.31. The predicted octanol–water partition coefficient (Wildman–Crippen LogP) is 2.97. The van der Waals surface area contributed by atoms with E-state index in [4.69, 9.17) is 16.3 Å². The Morgan fingerprint density at radius 2 is 2.16 bits per heavy atom. The highest BCUT2D eigenvalue weighted by Gasteiger charge is 2.24. The van der Waals surface area contributed by atoms with Crippen molar-refractivity contribution in [2.24, 2.45) is 0 Å². The number of aromatic carboxylic acids is 1. The average molecular weight is 460 g/mol. The van der Waals surface area contributed by atoms with Crippen molar-refractivity contribution < 1.29 is 24.1 Å². The van der Waals surface area contributed by atoms with Crippen LogP contribution < -0.4 is 10.2 Å². The van der Waals surface area contributed by atoms with Crippen molar-refractivity contribution in [1.29, 1.82) is 0 Å². The maximum Gasteiger partial charge on any atom is 0.337 e. The molecule has 2 aromatic heterocycles. The molecular weight excluding hydrogens is 441 g/mol. The topological polar surface area (TPSA) is 121 Å². The molecule has 0 bridgehead atoms. The molecule has 1 fully saturated rings. The van der Waals surface area contributed by atoms with Crippen molar-refractivity contribution in [2.45, 2.75) is 6.10 Å². The minimum Gasteiger partial charge on any atom is -0.478 e. The third-order valence-electron chi connectivity index (χ3n) is 4.88. The lowest BCUT2D eigenvalue weighted by atomic mass is 10.1. The number of carbonyl (C=O) groups is 1. The Balaban J connectivity index is 1.74. The molecule has 3 N–H and O–H groups in total. The molecule has 0 spiro atoms. The van der Waals surface area contributed by atoms with Crippen LogP contribution in [0.25, 0.3) is 11.1 Å². The third-order valence-corrected chi connectivity index (χ3v) is 5.17. The van der Waals surface area contributed by atoms with Crippen LogP contribution in [0.2, 0.25) is 5.02 Å². The van der Waals surface area contributed by atoms with Gasteiger partial charge in [0.25, 0.3) is 0 Å². The van der Waals surface area contributed by atoms with E-state index in [-0.39, 0.29) is 29.2 Å². The fourth-order valence-electron chi connectivity index (χ4n) is 3.31. The van der Waals surface area contributed by atoms with Gasteiger partial charge in [0.15, 0.2) is 0 Å². The first-order valence-corrected chi connectivity index (χ1v) is 10.1. The number of aliphatic hydroxyl groups excluding tert-OH is 1. The molecular formula is C21H19ClFN5O4. The lowest BCUT2D eigenvalue weighted by molar-refractivity contribution is 0.00339. The van der Waals surface area contributed by atoms with Crippen LogP contribution in [0, 0.1) is 5.82 Å². The van der Waals surface area contributed by atoms with E-state index >= 15 is 0 Å². The van der Waals surface area contributed by atoms with E-state index in [9.17, 15) is 19.4 Å². The number of pyridine rings is 1. The third kappa shape index (κ3) is 4.77. The summed E-state index contributed by atoms with van der Waals surface area (Å²) in [6, 6.07) is 5.66. The number of carboxylic acids is 1. The molecule has 0 saturated carbocycles. The van der Waals surface area contributed by atoms with Crippen molar-refractivity contribution in [2.75, 3.05) is 36.5 Å². The van der Waals surface area contributed by atoms with Gasteiger partial charge in [-0.25, -0.2) is 14.2 Å². The number of aliphatic hydroxyl groups is 1. The second-order valence-electron chi connectivity index (χ2n) is 7.07. The number of hydrogen-bond acceptors (Lipinski definition) is 8. The molecule has 9 nitrogen and oxygen atoms in total. The first-order chi connectivity index (χ1) is 15.4. The van der Waals surface area contributed by atoms with Gasteiger partial charge in [-0.15, -0.1) is 0 Å². The minimum atomic E-state index is -1.10. The van der Waals surface area contributed by atoms with E-state index in [0.717, 1.165) is 0 Å². The molecule has 166 valence electrons. The van der Waals surface area contributed by atoms with E-state index in [0.29, 0.717) is 42.3 Å². The van der Waals surface area contributed by atoms with Gasteiger partial charge >= 0.3 is 5.97 Å². The number of anilines is 3. The van der Waals surface area contributed by atoms with E-state index < -0.39 is 11.8 Å². The highest BCUT2D eigenvalue weighted by atomic mass is 35.5. The summed E-state index contributed by atoms with van der Waals surface area (Å²) < 4.78 is 19.0. The second kappa shape index (κ2) is 9.43. The first-order valence-electron chi connectivity index (χ1n) is 9.70. The van der Waals surface area contributed by atoms with Gasteiger partial charge in [-0.2, -0.15) is 4.98 Å². The lowest BCUT2D eigenvalue weighted by Crippen LogP contribution is -2.44. The number of morpholine rings is 1. The zero-order valence-corrected chi connectivity index (χ0v) is 17.5. The standard InChI is InChI=1S/C21H19ClFN5O4/c22-17-6-14(1-2-18(17)23)26-21-25-9-16(12-5-13(20(30)31)8-24-7-12)19(27-21)28-3-4-32-15(10-28)11-29/h1-2,5-9,15,29H,3-4,10-11H2,(H,30,31)(H,25,26,27). The Hall–Kier alpha value is -3.34. The SMILES string of the molecule is O=C(O)c1cncc(-c2cnc(Nc3ccc(F)c(Cl)c3)nc2N2CCOC(CO)C2)c1. The molecule has 0 radical (unpaired) electrons. The summed E-state index contributed by atoms with van der Waals surface area (Å²) in [5.41, 5.74) is 1.64. The van der Waals surface area contributed by atoms with Crippen molar-refractivity contribution in [1.82, 2.24) is 15.0 Å². The van der Waals surface area contributed by atoms with Gasteiger partial charge in [0.1, 0.15) is 11.6 Å². The number of nitrogens with one attached hydrogen (secondary N) is 1. The summed E-state index contributed by atoms with van der Waals surface area (Å²) in [7, 11) is 0. The summed E-state index contributed by atoms with van der Waals surface area (Å²) in [6.45, 7) is 1.13. The van der Waals surface area contributed by atoms with Gasteiger partial charge in [-0.05, 0) is 24.3 Å². The summed E-state index contributed by atoms with van der Waals surface area (Å²) in [6.07, 6.45) is 3.96. The van der Waals surface area contributed by atoms with Gasteiger partial charge < -0.3 is 25.2 Å². The molecule has 1 aliphatic rings. The van der Waals surface area contributed by atoms with Gasteiger partial charge in [0, 0.05) is 48.5 Å². The normalized spacial score (nSPS) is 16.1. The number of ether oxygens (including phenoxy) is 1. The Morgan fingerprint density at radius 3 is 2.91 bits per heavy atom. The number of benzene rings is 1. The predicted molar refractivity (Wildman–Crippen MR) is 116 cm³/mol. The van der Waals surface area contributed by atoms with Gasteiger partial charge in [-0.3, -0.25) is 4.98 Å². The van der Waals surface area contributed by atoms with Gasteiger partial charge in [0.2, 0.25) is 5.95 Å². The fraction of sp³-hybridized carbons (Fsp3) is 0.238. The summed E-state index contributed by atoms with van der Waals surface area (Å²) in [5, 5.41) is 21.8. The van der Waals surface area contributed by atoms with Crippen LogP contribution in [0.15, 0.2) is 42.9 Å². The summed E-state index contributed by atoms with van der Waals surface area (Å²) in [5.74, 6) is -0.883. The molecule has 1 saturated heterocycles. The maximum atomic E-state index is 13.5. The zero-order valence-electron chi connectivity index (χ0n) is 16.7. The zero-order chi connectivity index (χ0) is 22.7. The summed E-state index contributed by atoms with van der Waals surface area (Å²) in [4.78, 5) is 26.3. The molecule has 4 rings (SSSR count). The lowest BCUT2D eigenvalue weighted by Gasteiger charge is -2.34. The Kier molecular flexibility index (Phi) is 6.45. The fourth-order valence-corrected chi connectivity index (χ4v) is 3.49. The van der Waals surface area contributed by atoms with Crippen LogP contribution in [0.5, 0.6) is 0 Å². The van der Waals surface area contributed by atoms with Crippen molar-refractivity contribution >= 4 is 35.0 Å². The quantitative estimate of drug-likeness (QED) is 0.510. The molecule has 1 atom stereocenters. The van der Waals surface area contributed by atoms with Gasteiger partial charge in [-0.1, -0.05) is 11.6 Å². The van der Waals surface area contributed by atoms with Crippen molar-refractivity contribution in [3.05, 3.63) is 59.3 Å². The Labute approximate surface area is 187 Å². The van der Waals surface area contributed by atoms with Crippen LogP contribution in [0.1, 0.15) is 10.4 Å². The molecule has 3 aromatic rings. The monoisotopic (exact) mass is 459 g/mol. The smallest absolute Gasteiger partial charge is 0.337 e. The first kappa shape index (κ1) is 21.9. The number of halogens is 2. The summed E-state index contributed by atoms with van der Waals surface area (Å²) >= 11 is 5.85. The van der Waals surface area contributed by atoms with E-state index in [2.05, 4.69) is 20.3 Å². The molecule has 1 unspecified atom stereocenters. The van der Waals surface area contributed by atoms with Crippen LogP contribution in [0.3, 0.4) is 0 Å². The van der Waals surface area contributed by atoms with Crippen LogP contribution in [0.4, 0.5) is 21.8 Å². The van der Waals surface area contributed by atoms with Crippen molar-refractivity contribution in [3.63, 3.8) is 0 Å². The van der Waals surface area contributed by atoms with Crippen molar-refractivity contribution in [3.8, 4) is 11.1 Å². The van der Waals surface area contributed by atoms with E-state index in [1.165, 1.54) is 36.7 Å². The van der Waals surface area contributed by atoms with E-state index in [1.54, 1.807) is 6.20 Å². The molecule has 3 heterocycles. The largest absolute Gasteiger partial charge is 0.478 e. The van der Waals surface area contributed by atoms with Crippen LogP contribution in [-0.4, -0.2) is 63.5 Å². The average Bonchev–Trinajstić information content (AvgIpc) is 2.81. The second-order valence-corrected chi connectivity index (χ2v) is 7.48. The number of rotatable bonds is 6. The molecule has 0 amide bonds. The maximum absolute atomic E-state index is 13.5. The number of hydrogen-bond donors (Lipinski definition) is 3. The molecule has 1 aromatic carbocycles. The van der Waals surface area contributed by atoms with Crippen LogP contribution >= 0.6 is 11.6 Å². The number of aromatic nitrogens is 3. The molecule has 1 aliphatic heterocycles. The number of nitrogens with zero attached hydrogens (tertiary/aromatic N) is 4. The van der Waals surface area contributed by atoms with Crippen LogP contribution in [-0.2, 0) is 4.74 Å².